The molecular formula is C14H23NO2. The van der Waals surface area contributed by atoms with E-state index in [9.17, 15) is 9.59 Å². The summed E-state index contributed by atoms with van der Waals surface area (Å²) in [6, 6.07) is 0. The fourth-order valence-corrected chi connectivity index (χ4v) is 1.26. The van der Waals surface area contributed by atoms with Crippen molar-refractivity contribution in [3.8, 4) is 0 Å². The average Bonchev–Trinajstić information content (AvgIpc) is 2.38. The summed E-state index contributed by atoms with van der Waals surface area (Å²) >= 11 is 0. The summed E-state index contributed by atoms with van der Waals surface area (Å²) < 4.78 is 0. The molecule has 17 heavy (non-hydrogen) atoms. The van der Waals surface area contributed by atoms with Gasteiger partial charge in [-0.25, -0.2) is 0 Å². The highest BCUT2D eigenvalue weighted by molar-refractivity contribution is 5.98. The second kappa shape index (κ2) is 8.74. The first kappa shape index (κ1) is 15.6. The molecule has 0 saturated carbocycles. The molecule has 0 fully saturated rings. The van der Waals surface area contributed by atoms with Gasteiger partial charge in [-0.2, -0.15) is 0 Å². The van der Waals surface area contributed by atoms with E-state index in [2.05, 4.69) is 5.32 Å². The lowest BCUT2D eigenvalue weighted by Gasteiger charge is -2.09. The van der Waals surface area contributed by atoms with E-state index in [0.717, 1.165) is 12.8 Å². The summed E-state index contributed by atoms with van der Waals surface area (Å²) in [6.45, 7) is 7.78. The SMILES string of the molecule is CC.CC(C)C(=O)CNC(=O)C1=CCCC=C1. The first-order valence-electron chi connectivity index (χ1n) is 6.29. The van der Waals surface area contributed by atoms with Gasteiger partial charge >= 0.3 is 0 Å². The lowest BCUT2D eigenvalue weighted by Crippen LogP contribution is -2.32. The Morgan fingerprint density at radius 1 is 1.29 bits per heavy atom. The third-order valence-corrected chi connectivity index (χ3v) is 2.32. The van der Waals surface area contributed by atoms with Crippen LogP contribution in [-0.2, 0) is 9.59 Å². The van der Waals surface area contributed by atoms with Crippen LogP contribution in [0.4, 0.5) is 0 Å². The molecule has 1 amide bonds. The Labute approximate surface area is 104 Å². The zero-order valence-corrected chi connectivity index (χ0v) is 11.2. The van der Waals surface area contributed by atoms with Gasteiger partial charge in [-0.15, -0.1) is 0 Å². The molecule has 1 N–H and O–H groups in total. The molecule has 0 aliphatic heterocycles. The minimum atomic E-state index is -0.153. The van der Waals surface area contributed by atoms with Crippen LogP contribution in [0.3, 0.4) is 0 Å². The number of ketones is 1. The molecule has 3 nitrogen and oxygen atoms in total. The van der Waals surface area contributed by atoms with E-state index in [1.807, 2.05) is 39.8 Å². The number of carbonyl (C=O) groups is 2. The van der Waals surface area contributed by atoms with Crippen LogP contribution < -0.4 is 5.32 Å². The molecule has 3 heteroatoms. The van der Waals surface area contributed by atoms with Crippen molar-refractivity contribution >= 4 is 11.7 Å². The minimum absolute atomic E-state index is 0.0267. The maximum Gasteiger partial charge on any atom is 0.251 e. The Morgan fingerprint density at radius 2 is 1.94 bits per heavy atom. The summed E-state index contributed by atoms with van der Waals surface area (Å²) in [4.78, 5) is 22.8. The largest absolute Gasteiger partial charge is 0.345 e. The van der Waals surface area contributed by atoms with E-state index in [1.54, 1.807) is 6.08 Å². The number of hydrogen-bond acceptors (Lipinski definition) is 2. The summed E-state index contributed by atoms with van der Waals surface area (Å²) in [5.41, 5.74) is 0.665. The number of allylic oxidation sites excluding steroid dienone is 2. The van der Waals surface area contributed by atoms with Crippen molar-refractivity contribution in [2.24, 2.45) is 5.92 Å². The van der Waals surface area contributed by atoms with Gasteiger partial charge in [0.1, 0.15) is 0 Å². The molecule has 0 unspecified atom stereocenters. The van der Waals surface area contributed by atoms with E-state index >= 15 is 0 Å². The highest BCUT2D eigenvalue weighted by atomic mass is 16.2. The molecule has 1 aliphatic rings. The molecular weight excluding hydrogens is 214 g/mol. The smallest absolute Gasteiger partial charge is 0.251 e. The third kappa shape index (κ3) is 6.05. The van der Waals surface area contributed by atoms with E-state index < -0.39 is 0 Å². The second-order valence-corrected chi connectivity index (χ2v) is 3.94. The predicted octanol–water partition coefficient (Wildman–Crippen LogP) is 2.63. The Kier molecular flexibility index (Phi) is 8.03. The van der Waals surface area contributed by atoms with Crippen LogP contribution in [0, 0.1) is 5.92 Å². The van der Waals surface area contributed by atoms with Crippen molar-refractivity contribution in [3.63, 3.8) is 0 Å². The summed E-state index contributed by atoms with van der Waals surface area (Å²) in [5, 5.41) is 2.63. The number of rotatable bonds is 4. The second-order valence-electron chi connectivity index (χ2n) is 3.94. The van der Waals surface area contributed by atoms with Gasteiger partial charge < -0.3 is 5.32 Å². The lowest BCUT2D eigenvalue weighted by atomic mass is 10.1. The molecule has 0 aromatic heterocycles. The molecule has 0 radical (unpaired) electrons. The van der Waals surface area contributed by atoms with Gasteiger partial charge in [0, 0.05) is 11.5 Å². The lowest BCUT2D eigenvalue weighted by molar-refractivity contribution is -0.124. The monoisotopic (exact) mass is 237 g/mol. The number of nitrogens with one attached hydrogen (secondary N) is 1. The molecule has 1 rings (SSSR count). The Morgan fingerprint density at radius 3 is 2.41 bits per heavy atom. The quantitative estimate of drug-likeness (QED) is 0.817. The molecule has 0 atom stereocenters. The van der Waals surface area contributed by atoms with Gasteiger partial charge in [0.15, 0.2) is 5.78 Å². The van der Waals surface area contributed by atoms with Gasteiger partial charge in [-0.1, -0.05) is 45.9 Å². The molecule has 1 aliphatic carbocycles. The van der Waals surface area contributed by atoms with Crippen LogP contribution in [0.25, 0.3) is 0 Å². The highest BCUT2D eigenvalue weighted by Crippen LogP contribution is 2.09. The average molecular weight is 237 g/mol. The van der Waals surface area contributed by atoms with Gasteiger partial charge in [0.2, 0.25) is 0 Å². The molecule has 0 saturated heterocycles. The molecule has 96 valence electrons. The predicted molar refractivity (Wildman–Crippen MR) is 70.7 cm³/mol. The molecule has 0 bridgehead atoms. The topological polar surface area (TPSA) is 46.2 Å². The standard InChI is InChI=1S/C12H17NO2.C2H6/c1-9(2)11(14)8-13-12(15)10-6-4-3-5-7-10;1-2/h4,6-7,9H,3,5,8H2,1-2H3,(H,13,15);1-2H3. The molecule has 0 spiro atoms. The number of Topliss-reactive ketones (excluding diaryl/α,β-unsaturated/α-hetero) is 1. The minimum Gasteiger partial charge on any atom is -0.345 e. The van der Waals surface area contributed by atoms with Crippen molar-refractivity contribution in [2.75, 3.05) is 6.54 Å². The van der Waals surface area contributed by atoms with Crippen molar-refractivity contribution in [1.29, 1.82) is 0 Å². The summed E-state index contributed by atoms with van der Waals surface area (Å²) in [7, 11) is 0. The van der Waals surface area contributed by atoms with Gasteiger partial charge in [-0.05, 0) is 12.8 Å². The van der Waals surface area contributed by atoms with Crippen molar-refractivity contribution in [2.45, 2.75) is 40.5 Å². The van der Waals surface area contributed by atoms with Crippen LogP contribution in [0.1, 0.15) is 40.5 Å². The molecule has 0 heterocycles. The normalized spacial score (nSPS) is 13.6. The van der Waals surface area contributed by atoms with Crippen molar-refractivity contribution in [3.05, 3.63) is 23.8 Å². The zero-order valence-electron chi connectivity index (χ0n) is 11.2. The maximum atomic E-state index is 11.5. The Hall–Kier alpha value is -1.38. The van der Waals surface area contributed by atoms with Crippen molar-refractivity contribution in [1.82, 2.24) is 5.32 Å². The fraction of sp³-hybridized carbons (Fsp3) is 0.571. The highest BCUT2D eigenvalue weighted by Gasteiger charge is 2.11. The van der Waals surface area contributed by atoms with Crippen LogP contribution in [0.5, 0.6) is 0 Å². The van der Waals surface area contributed by atoms with Gasteiger partial charge in [-0.3, -0.25) is 9.59 Å². The van der Waals surface area contributed by atoms with E-state index in [0.29, 0.717) is 5.57 Å². The maximum absolute atomic E-state index is 11.5. The number of amides is 1. The van der Waals surface area contributed by atoms with Crippen LogP contribution >= 0.6 is 0 Å². The molecule has 0 aromatic rings. The van der Waals surface area contributed by atoms with E-state index in [4.69, 9.17) is 0 Å². The first-order chi connectivity index (χ1) is 8.11. The van der Waals surface area contributed by atoms with Crippen LogP contribution in [-0.4, -0.2) is 18.2 Å². The van der Waals surface area contributed by atoms with Gasteiger partial charge in [0.05, 0.1) is 6.54 Å². The summed E-state index contributed by atoms with van der Waals surface area (Å²) in [6.07, 6.45) is 7.56. The summed E-state index contributed by atoms with van der Waals surface area (Å²) in [5.74, 6) is -0.120. The third-order valence-electron chi connectivity index (χ3n) is 2.32. The van der Waals surface area contributed by atoms with Crippen molar-refractivity contribution < 1.29 is 9.59 Å². The number of hydrogen-bond donors (Lipinski definition) is 1. The van der Waals surface area contributed by atoms with E-state index in [-0.39, 0.29) is 24.2 Å². The van der Waals surface area contributed by atoms with Gasteiger partial charge in [0.25, 0.3) is 5.91 Å². The fourth-order valence-electron chi connectivity index (χ4n) is 1.26. The van der Waals surface area contributed by atoms with E-state index in [1.165, 1.54) is 0 Å². The Bertz CT molecular complexity index is 314. The van der Waals surface area contributed by atoms with Crippen LogP contribution in [0.15, 0.2) is 23.8 Å². The first-order valence-corrected chi connectivity index (χ1v) is 6.29. The molecule has 0 aromatic carbocycles. The Balaban J connectivity index is 0.00000121. The van der Waals surface area contributed by atoms with Crippen LogP contribution in [0.2, 0.25) is 0 Å². The number of carbonyl (C=O) groups excluding carboxylic acids is 2. The zero-order chi connectivity index (χ0) is 13.3.